The molecule has 0 radical (unpaired) electrons. The van der Waals surface area contributed by atoms with Gasteiger partial charge < -0.3 is 9.47 Å². The number of rotatable bonds is 16. The molecule has 10 nitrogen and oxygen atoms in total. The van der Waals surface area contributed by atoms with Crippen molar-refractivity contribution in [3.63, 3.8) is 0 Å². The second kappa shape index (κ2) is 16.0. The molecule has 0 saturated heterocycles. The van der Waals surface area contributed by atoms with E-state index < -0.39 is 0 Å². The number of ether oxygens (including phenoxy) is 2. The van der Waals surface area contributed by atoms with Crippen molar-refractivity contribution >= 4 is 66.7 Å². The highest BCUT2D eigenvalue weighted by molar-refractivity contribution is 6.43. The van der Waals surface area contributed by atoms with Crippen LogP contribution in [0.4, 0.5) is 0 Å². The molecule has 304 valence electrons. The van der Waals surface area contributed by atoms with Crippen molar-refractivity contribution in [2.24, 2.45) is 11.8 Å². The lowest BCUT2D eigenvalue weighted by Crippen LogP contribution is -2.43. The summed E-state index contributed by atoms with van der Waals surface area (Å²) in [5.74, 6) is 0.792. The molecule has 9 rings (SSSR count). The highest BCUT2D eigenvalue weighted by atomic mass is 16.5. The first-order valence-electron chi connectivity index (χ1n) is 21.4. The maximum atomic E-state index is 14.7. The Labute approximate surface area is 348 Å². The van der Waals surface area contributed by atoms with Crippen LogP contribution in [-0.2, 0) is 0 Å². The van der Waals surface area contributed by atoms with Gasteiger partial charge in [-0.1, -0.05) is 78.4 Å². The number of unbranched alkanes of at least 4 members (excludes halogenated alkanes) is 2. The van der Waals surface area contributed by atoms with Crippen LogP contribution in [0.2, 0.25) is 0 Å². The number of nitrogens with zero attached hydrogens (tertiary/aromatic N) is 4. The Morgan fingerprint density at radius 2 is 0.867 bits per heavy atom. The van der Waals surface area contributed by atoms with E-state index in [1.54, 1.807) is 73.3 Å². The summed E-state index contributed by atoms with van der Waals surface area (Å²) in [6, 6.07) is 17.9. The van der Waals surface area contributed by atoms with E-state index in [1.165, 1.54) is 9.80 Å². The van der Waals surface area contributed by atoms with Gasteiger partial charge in [0.1, 0.15) is 23.0 Å². The van der Waals surface area contributed by atoms with Crippen molar-refractivity contribution in [1.82, 2.24) is 19.8 Å². The summed E-state index contributed by atoms with van der Waals surface area (Å²) in [5, 5.41) is 5.13. The van der Waals surface area contributed by atoms with Crippen LogP contribution < -0.4 is 9.47 Å². The minimum absolute atomic E-state index is 0.171. The molecule has 10 heteroatoms. The minimum Gasteiger partial charge on any atom is -0.457 e. The van der Waals surface area contributed by atoms with Gasteiger partial charge in [0.2, 0.25) is 0 Å². The van der Waals surface area contributed by atoms with Crippen LogP contribution >= 0.6 is 0 Å². The van der Waals surface area contributed by atoms with E-state index in [1.807, 2.05) is 12.1 Å². The molecule has 4 amide bonds. The molecule has 0 N–H and O–H groups in total. The number of pyridine rings is 2. The Balaban J connectivity index is 1.35. The fraction of sp³-hybridized carbons (Fsp3) is 0.320. The van der Waals surface area contributed by atoms with Crippen molar-refractivity contribution in [3.05, 3.63) is 108 Å². The van der Waals surface area contributed by atoms with E-state index >= 15 is 0 Å². The summed E-state index contributed by atoms with van der Waals surface area (Å²) < 4.78 is 13.4. The Hall–Kier alpha value is -6.42. The topological polar surface area (TPSA) is 119 Å². The molecule has 0 bridgehead atoms. The minimum atomic E-state index is -0.365. The lowest BCUT2D eigenvalue weighted by Gasteiger charge is -2.33. The quantitative estimate of drug-likeness (QED) is 0.0538. The van der Waals surface area contributed by atoms with Gasteiger partial charge in [-0.05, 0) is 84.0 Å². The molecule has 0 aliphatic carbocycles. The number of benzene rings is 5. The fourth-order valence-corrected chi connectivity index (χ4v) is 9.40. The van der Waals surface area contributed by atoms with Crippen molar-refractivity contribution in [2.75, 3.05) is 13.1 Å². The third-order valence-corrected chi connectivity index (χ3v) is 12.7. The SMILES string of the molecule is CCCCC(CC)CN1C(=O)c2ccc3c4c(Oc5ccncc5)cc5c6c(ccc(c7c(Oc8ccncc8)cc(c2c37)C1=O)c64)C(=O)N(CC(CC)CCCC)C5=O. The predicted molar refractivity (Wildman–Crippen MR) is 234 cm³/mol. The van der Waals surface area contributed by atoms with E-state index in [-0.39, 0.29) is 35.5 Å². The fourth-order valence-electron chi connectivity index (χ4n) is 9.40. The standard InChI is InChI=1S/C50H48N4O6/c1-5-9-11-29(7-3)27-53-47(55)35-15-13-33-44-40(60-32-19-23-52-24-20-32)26-38-42-36(48(56)54(50(38)58)28-30(8-4)12-10-6-2)16-14-34(46(42)44)43-39(59-31-17-21-51-22-18-31)25-37(49(53)57)41(35)45(33)43/h13-26,29-30H,5-12,27-28H2,1-4H3. The van der Waals surface area contributed by atoms with E-state index in [0.29, 0.717) is 101 Å². The van der Waals surface area contributed by atoms with Crippen LogP contribution in [0, 0.1) is 11.8 Å². The second-order valence-electron chi connectivity index (χ2n) is 16.3. The van der Waals surface area contributed by atoms with Gasteiger partial charge in [0.25, 0.3) is 23.6 Å². The van der Waals surface area contributed by atoms with E-state index in [0.717, 1.165) is 51.4 Å². The van der Waals surface area contributed by atoms with Crippen LogP contribution in [0.25, 0.3) is 43.1 Å². The van der Waals surface area contributed by atoms with Gasteiger partial charge >= 0.3 is 0 Å². The number of carbonyl (C=O) groups is 4. The first-order chi connectivity index (χ1) is 29.3. The molecule has 2 aliphatic heterocycles. The maximum absolute atomic E-state index is 14.7. The van der Waals surface area contributed by atoms with Gasteiger partial charge in [-0.25, -0.2) is 0 Å². The van der Waals surface area contributed by atoms with Gasteiger partial charge in [0.05, 0.1) is 11.1 Å². The van der Waals surface area contributed by atoms with E-state index in [4.69, 9.17) is 9.47 Å². The van der Waals surface area contributed by atoms with Crippen LogP contribution in [-0.4, -0.2) is 56.5 Å². The predicted octanol–water partition coefficient (Wildman–Crippen LogP) is 11.7. The second-order valence-corrected chi connectivity index (χ2v) is 16.3. The molecule has 60 heavy (non-hydrogen) atoms. The number of fused-ring (bicyclic) bond motifs is 2. The first kappa shape index (κ1) is 39.1. The number of aromatic nitrogens is 2. The number of carbonyl (C=O) groups excluding carboxylic acids is 4. The Morgan fingerprint density at radius 3 is 1.23 bits per heavy atom. The van der Waals surface area contributed by atoms with Crippen molar-refractivity contribution < 1.29 is 28.7 Å². The van der Waals surface area contributed by atoms with Crippen LogP contribution in [0.15, 0.2) is 85.5 Å². The first-order valence-corrected chi connectivity index (χ1v) is 21.4. The van der Waals surface area contributed by atoms with Gasteiger partial charge in [-0.3, -0.25) is 38.9 Å². The number of hydrogen-bond donors (Lipinski definition) is 0. The van der Waals surface area contributed by atoms with Gasteiger partial charge in [-0.2, -0.15) is 0 Å². The molecule has 0 fully saturated rings. The summed E-state index contributed by atoms with van der Waals surface area (Å²) in [6.45, 7) is 9.15. The molecule has 2 unspecified atom stereocenters. The molecule has 4 heterocycles. The monoisotopic (exact) mass is 800 g/mol. The summed E-state index contributed by atoms with van der Waals surface area (Å²) in [7, 11) is 0. The molecule has 0 spiro atoms. The van der Waals surface area contributed by atoms with Crippen molar-refractivity contribution in [2.45, 2.75) is 79.1 Å². The third-order valence-electron chi connectivity index (χ3n) is 12.7. The Morgan fingerprint density at radius 1 is 0.483 bits per heavy atom. The Bertz CT molecular complexity index is 2630. The zero-order valence-electron chi connectivity index (χ0n) is 34.5. The van der Waals surface area contributed by atoms with Crippen molar-refractivity contribution in [1.29, 1.82) is 0 Å². The molecule has 0 saturated carbocycles. The third kappa shape index (κ3) is 6.40. The van der Waals surface area contributed by atoms with Crippen LogP contribution in [0.5, 0.6) is 23.0 Å². The number of hydrogen-bond acceptors (Lipinski definition) is 8. The summed E-state index contributed by atoms with van der Waals surface area (Å²) in [5.41, 5.74) is 1.62. The highest BCUT2D eigenvalue weighted by Gasteiger charge is 2.40. The highest BCUT2D eigenvalue weighted by Crippen LogP contribution is 2.53. The zero-order valence-corrected chi connectivity index (χ0v) is 34.5. The molecule has 2 aromatic heterocycles. The normalized spacial score (nSPS) is 14.9. The zero-order chi connectivity index (χ0) is 41.7. The van der Waals surface area contributed by atoms with Crippen molar-refractivity contribution in [3.8, 4) is 23.0 Å². The molecule has 5 aromatic carbocycles. The van der Waals surface area contributed by atoms with Gasteiger partial charge in [0, 0.05) is 81.3 Å². The summed E-state index contributed by atoms with van der Waals surface area (Å²) >= 11 is 0. The number of imide groups is 2. The number of amides is 4. The van der Waals surface area contributed by atoms with Gasteiger partial charge in [-0.15, -0.1) is 0 Å². The Kier molecular flexibility index (Phi) is 10.4. The molecular weight excluding hydrogens is 753 g/mol. The largest absolute Gasteiger partial charge is 0.457 e. The average molecular weight is 801 g/mol. The molecular formula is C50H48N4O6. The van der Waals surface area contributed by atoms with Crippen LogP contribution in [0.1, 0.15) is 120 Å². The lowest BCUT2D eigenvalue weighted by molar-refractivity contribution is 0.0565. The van der Waals surface area contributed by atoms with E-state index in [2.05, 4.69) is 37.7 Å². The molecule has 2 aliphatic rings. The maximum Gasteiger partial charge on any atom is 0.261 e. The smallest absolute Gasteiger partial charge is 0.261 e. The van der Waals surface area contributed by atoms with E-state index in [9.17, 15) is 19.2 Å². The lowest BCUT2D eigenvalue weighted by atomic mass is 9.81. The van der Waals surface area contributed by atoms with Gasteiger partial charge in [0.15, 0.2) is 0 Å². The molecule has 7 aromatic rings. The summed E-state index contributed by atoms with van der Waals surface area (Å²) in [4.78, 5) is 69.7. The molecule has 2 atom stereocenters. The average Bonchev–Trinajstić information content (AvgIpc) is 3.27. The van der Waals surface area contributed by atoms with Crippen LogP contribution in [0.3, 0.4) is 0 Å². The summed E-state index contributed by atoms with van der Waals surface area (Å²) in [6.07, 6.45) is 14.2.